The molecule has 22 heavy (non-hydrogen) atoms. The average molecular weight is 314 g/mol. The average Bonchev–Trinajstić information content (AvgIpc) is 2.45. The minimum atomic E-state index is -1.04. The number of rotatable bonds is 10. The van der Waals surface area contributed by atoms with Crippen LogP contribution < -0.4 is 0 Å². The van der Waals surface area contributed by atoms with Gasteiger partial charge in [-0.15, -0.1) is 0 Å². The summed E-state index contributed by atoms with van der Waals surface area (Å²) in [6.45, 7) is -0.589. The normalized spacial score (nSPS) is 21.7. The van der Waals surface area contributed by atoms with E-state index in [4.69, 9.17) is 10.2 Å². The Hall–Kier alpha value is -1.80. The molecule has 0 bridgehead atoms. The van der Waals surface area contributed by atoms with Gasteiger partial charge in [-0.25, -0.2) is 0 Å². The highest BCUT2D eigenvalue weighted by molar-refractivity contribution is 5.70. The molecule has 1 rings (SSSR count). The largest absolute Gasteiger partial charge is 0.480 e. The van der Waals surface area contributed by atoms with Gasteiger partial charge >= 0.3 is 11.9 Å². The van der Waals surface area contributed by atoms with Gasteiger partial charge in [0.25, 0.3) is 0 Å². The van der Waals surface area contributed by atoms with E-state index in [1.807, 2.05) is 0 Å². The monoisotopic (exact) mass is 314 g/mol. The van der Waals surface area contributed by atoms with Gasteiger partial charge in [0.15, 0.2) is 0 Å². The van der Waals surface area contributed by atoms with Gasteiger partial charge in [-0.1, -0.05) is 12.8 Å². The molecule has 0 aromatic rings. The Morgan fingerprint density at radius 3 is 1.50 bits per heavy atom. The van der Waals surface area contributed by atoms with Crippen LogP contribution in [0.25, 0.3) is 0 Å². The Balaban J connectivity index is 2.94. The predicted octanol–water partition coefficient (Wildman–Crippen LogP) is -0.531. The molecule has 2 atom stereocenters. The molecule has 1 aliphatic rings. The van der Waals surface area contributed by atoms with Crippen molar-refractivity contribution in [3.05, 3.63) is 0 Å². The molecule has 0 aliphatic heterocycles. The summed E-state index contributed by atoms with van der Waals surface area (Å²) in [5.41, 5.74) is 0. The summed E-state index contributed by atoms with van der Waals surface area (Å²) in [5.74, 6) is -2.07. The minimum Gasteiger partial charge on any atom is -0.480 e. The number of hydrogen-bond acceptors (Lipinski definition) is 6. The second kappa shape index (κ2) is 9.26. The number of aliphatic carboxylic acids is 2. The predicted molar refractivity (Wildman–Crippen MR) is 76.6 cm³/mol. The molecular formula is C14H22N2O6. The fourth-order valence-electron chi connectivity index (χ4n) is 3.12. The zero-order valence-electron chi connectivity index (χ0n) is 12.4. The first-order valence-electron chi connectivity index (χ1n) is 7.28. The van der Waals surface area contributed by atoms with E-state index in [2.05, 4.69) is 0 Å². The summed E-state index contributed by atoms with van der Waals surface area (Å²) in [5, 5.41) is 18.0. The SMILES string of the molecule is O=CCN(CC(=O)O)C1CCCCC1N(CC=O)CC(=O)O. The molecule has 0 aromatic heterocycles. The number of aldehydes is 2. The van der Waals surface area contributed by atoms with Crippen molar-refractivity contribution in [1.82, 2.24) is 9.80 Å². The fraction of sp³-hybridized carbons (Fsp3) is 0.714. The fourth-order valence-corrected chi connectivity index (χ4v) is 3.12. The third-order valence-electron chi connectivity index (χ3n) is 3.93. The molecule has 8 nitrogen and oxygen atoms in total. The molecule has 1 fully saturated rings. The molecule has 0 radical (unpaired) electrons. The number of carboxylic acids is 2. The number of carbonyl (C=O) groups is 4. The van der Waals surface area contributed by atoms with Crippen LogP contribution in [0, 0.1) is 0 Å². The Kier molecular flexibility index (Phi) is 7.69. The van der Waals surface area contributed by atoms with Crippen LogP contribution in [-0.4, -0.2) is 82.8 Å². The van der Waals surface area contributed by atoms with Crippen molar-refractivity contribution in [3.63, 3.8) is 0 Å². The zero-order chi connectivity index (χ0) is 16.5. The number of carbonyl (C=O) groups excluding carboxylic acids is 2. The molecule has 0 amide bonds. The maximum atomic E-state index is 11.0. The number of hydrogen-bond donors (Lipinski definition) is 2. The molecule has 1 aliphatic carbocycles. The van der Waals surface area contributed by atoms with E-state index in [1.165, 1.54) is 0 Å². The summed E-state index contributed by atoms with van der Waals surface area (Å²) in [7, 11) is 0. The molecule has 0 spiro atoms. The summed E-state index contributed by atoms with van der Waals surface area (Å²) in [4.78, 5) is 46.7. The van der Waals surface area contributed by atoms with Crippen molar-refractivity contribution >= 4 is 24.5 Å². The lowest BCUT2D eigenvalue weighted by Crippen LogP contribution is -2.56. The highest BCUT2D eigenvalue weighted by Gasteiger charge is 2.35. The summed E-state index contributed by atoms with van der Waals surface area (Å²) in [6.07, 6.45) is 4.43. The zero-order valence-corrected chi connectivity index (χ0v) is 12.4. The first kappa shape index (κ1) is 18.2. The van der Waals surface area contributed by atoms with Gasteiger partial charge in [-0.3, -0.25) is 19.4 Å². The Labute approximate surface area is 128 Å². The van der Waals surface area contributed by atoms with E-state index in [0.29, 0.717) is 25.4 Å². The van der Waals surface area contributed by atoms with Crippen molar-refractivity contribution in [3.8, 4) is 0 Å². The first-order valence-corrected chi connectivity index (χ1v) is 7.28. The van der Waals surface area contributed by atoms with Crippen LogP contribution in [0.2, 0.25) is 0 Å². The molecular weight excluding hydrogens is 292 g/mol. The number of carboxylic acid groups (broad SMARTS) is 2. The van der Waals surface area contributed by atoms with Gasteiger partial charge in [-0.05, 0) is 12.8 Å². The standard InChI is InChI=1S/C14H22N2O6/c17-7-5-15(9-13(19)20)11-3-1-2-4-12(11)16(6-8-18)10-14(21)22/h7-8,11-12H,1-6,9-10H2,(H,19,20)(H,21,22). The van der Waals surface area contributed by atoms with Gasteiger partial charge < -0.3 is 19.8 Å². The van der Waals surface area contributed by atoms with E-state index in [9.17, 15) is 19.2 Å². The molecule has 8 heteroatoms. The van der Waals surface area contributed by atoms with Crippen LogP contribution in [0.1, 0.15) is 25.7 Å². The summed E-state index contributed by atoms with van der Waals surface area (Å²) in [6, 6.07) is -0.483. The van der Waals surface area contributed by atoms with E-state index in [1.54, 1.807) is 9.80 Å². The van der Waals surface area contributed by atoms with Crippen molar-refractivity contribution in [1.29, 1.82) is 0 Å². The van der Waals surface area contributed by atoms with Gasteiger partial charge in [0.2, 0.25) is 0 Å². The molecule has 2 unspecified atom stereocenters. The van der Waals surface area contributed by atoms with E-state index in [-0.39, 0.29) is 38.3 Å². The topological polar surface area (TPSA) is 115 Å². The summed E-state index contributed by atoms with van der Waals surface area (Å²) >= 11 is 0. The van der Waals surface area contributed by atoms with Crippen LogP contribution in [0.3, 0.4) is 0 Å². The van der Waals surface area contributed by atoms with Gasteiger partial charge in [-0.2, -0.15) is 0 Å². The molecule has 0 aromatic carbocycles. The van der Waals surface area contributed by atoms with E-state index >= 15 is 0 Å². The van der Waals surface area contributed by atoms with E-state index in [0.717, 1.165) is 12.8 Å². The highest BCUT2D eigenvalue weighted by Crippen LogP contribution is 2.27. The van der Waals surface area contributed by atoms with Gasteiger partial charge in [0.05, 0.1) is 26.2 Å². The van der Waals surface area contributed by atoms with Crippen molar-refractivity contribution in [2.75, 3.05) is 26.2 Å². The van der Waals surface area contributed by atoms with E-state index < -0.39 is 11.9 Å². The second-order valence-corrected chi connectivity index (χ2v) is 5.40. The molecule has 1 saturated carbocycles. The maximum Gasteiger partial charge on any atom is 0.317 e. The van der Waals surface area contributed by atoms with Crippen LogP contribution in [-0.2, 0) is 19.2 Å². The second-order valence-electron chi connectivity index (χ2n) is 5.40. The Bertz CT molecular complexity index is 376. The van der Waals surface area contributed by atoms with Crippen LogP contribution in [0.5, 0.6) is 0 Å². The van der Waals surface area contributed by atoms with Gasteiger partial charge in [0.1, 0.15) is 12.6 Å². The lowest BCUT2D eigenvalue weighted by molar-refractivity contribution is -0.143. The Morgan fingerprint density at radius 1 is 0.864 bits per heavy atom. The third-order valence-corrected chi connectivity index (χ3v) is 3.93. The lowest BCUT2D eigenvalue weighted by atomic mass is 9.87. The Morgan fingerprint density at radius 2 is 1.23 bits per heavy atom. The van der Waals surface area contributed by atoms with Crippen molar-refractivity contribution in [2.45, 2.75) is 37.8 Å². The highest BCUT2D eigenvalue weighted by atomic mass is 16.4. The summed E-state index contributed by atoms with van der Waals surface area (Å²) < 4.78 is 0. The molecule has 0 heterocycles. The number of nitrogens with zero attached hydrogens (tertiary/aromatic N) is 2. The van der Waals surface area contributed by atoms with Gasteiger partial charge in [0, 0.05) is 12.1 Å². The minimum absolute atomic E-state index is 0.0184. The molecule has 2 N–H and O–H groups in total. The smallest absolute Gasteiger partial charge is 0.317 e. The first-order chi connectivity index (χ1) is 10.5. The maximum absolute atomic E-state index is 11.0. The van der Waals surface area contributed by atoms with Crippen LogP contribution >= 0.6 is 0 Å². The van der Waals surface area contributed by atoms with Crippen LogP contribution in [0.4, 0.5) is 0 Å². The lowest BCUT2D eigenvalue weighted by Gasteiger charge is -2.43. The third kappa shape index (κ3) is 5.53. The molecule has 124 valence electrons. The molecule has 0 saturated heterocycles. The van der Waals surface area contributed by atoms with Crippen molar-refractivity contribution < 1.29 is 29.4 Å². The van der Waals surface area contributed by atoms with Crippen molar-refractivity contribution in [2.24, 2.45) is 0 Å². The van der Waals surface area contributed by atoms with Crippen LogP contribution in [0.15, 0.2) is 0 Å². The quantitative estimate of drug-likeness (QED) is 0.517.